The number of likely N-dealkylation sites (tertiary alicyclic amines) is 1. The van der Waals surface area contributed by atoms with Crippen molar-refractivity contribution in [1.29, 1.82) is 0 Å². The summed E-state index contributed by atoms with van der Waals surface area (Å²) in [5.74, 6) is 0.536. The number of para-hydroxylation sites is 1. The van der Waals surface area contributed by atoms with Crippen LogP contribution in [0.1, 0.15) is 19.3 Å². The molecular weight excluding hydrogens is 329 g/mol. The van der Waals surface area contributed by atoms with Crippen LogP contribution < -0.4 is 9.47 Å². The van der Waals surface area contributed by atoms with Crippen molar-refractivity contribution >= 4 is 11.6 Å². The molecule has 0 bridgehead atoms. The second kappa shape index (κ2) is 7.86. The molecule has 24 heavy (non-hydrogen) atoms. The SMILES string of the molecule is CN1CCCC1CCOc1cccc(F)c1Oc1cccc(Cl)c1. The van der Waals surface area contributed by atoms with Crippen LogP contribution in [0.25, 0.3) is 0 Å². The molecule has 0 saturated carbocycles. The molecule has 0 N–H and O–H groups in total. The van der Waals surface area contributed by atoms with Gasteiger partial charge in [0.1, 0.15) is 5.75 Å². The van der Waals surface area contributed by atoms with Crippen LogP contribution in [0.3, 0.4) is 0 Å². The predicted octanol–water partition coefficient (Wildman–Crippen LogP) is 5.13. The quantitative estimate of drug-likeness (QED) is 0.721. The summed E-state index contributed by atoms with van der Waals surface area (Å²) < 4.78 is 25.7. The van der Waals surface area contributed by atoms with Crippen molar-refractivity contribution in [1.82, 2.24) is 4.90 Å². The highest BCUT2D eigenvalue weighted by molar-refractivity contribution is 6.30. The molecule has 1 aliphatic rings. The van der Waals surface area contributed by atoms with E-state index in [4.69, 9.17) is 21.1 Å². The fourth-order valence-corrected chi connectivity index (χ4v) is 3.18. The molecule has 1 fully saturated rings. The Hall–Kier alpha value is -1.78. The summed E-state index contributed by atoms with van der Waals surface area (Å²) in [4.78, 5) is 2.35. The van der Waals surface area contributed by atoms with Crippen LogP contribution in [0.15, 0.2) is 42.5 Å². The van der Waals surface area contributed by atoms with Crippen LogP contribution in [0.5, 0.6) is 17.2 Å². The molecule has 3 rings (SSSR count). The average molecular weight is 350 g/mol. The minimum absolute atomic E-state index is 0.0968. The third kappa shape index (κ3) is 4.19. The van der Waals surface area contributed by atoms with E-state index in [-0.39, 0.29) is 5.75 Å². The largest absolute Gasteiger partial charge is 0.489 e. The van der Waals surface area contributed by atoms with E-state index in [1.165, 1.54) is 18.9 Å². The summed E-state index contributed by atoms with van der Waals surface area (Å²) in [7, 11) is 2.13. The minimum atomic E-state index is -0.453. The topological polar surface area (TPSA) is 21.7 Å². The van der Waals surface area contributed by atoms with Gasteiger partial charge in [0.05, 0.1) is 6.61 Å². The van der Waals surface area contributed by atoms with Crippen LogP contribution in [0, 0.1) is 5.82 Å². The first-order chi connectivity index (χ1) is 11.6. The van der Waals surface area contributed by atoms with Gasteiger partial charge in [-0.05, 0) is 63.2 Å². The summed E-state index contributed by atoms with van der Waals surface area (Å²) in [5.41, 5.74) is 0. The van der Waals surface area contributed by atoms with Crippen LogP contribution >= 0.6 is 11.6 Å². The Morgan fingerprint density at radius 2 is 2.08 bits per heavy atom. The summed E-state index contributed by atoms with van der Waals surface area (Å²) in [6.07, 6.45) is 3.34. The molecule has 0 radical (unpaired) electrons. The highest BCUT2D eigenvalue weighted by Crippen LogP contribution is 2.35. The molecule has 2 aromatic carbocycles. The van der Waals surface area contributed by atoms with Crippen LogP contribution in [0.2, 0.25) is 5.02 Å². The molecular formula is C19H21ClFNO2. The van der Waals surface area contributed by atoms with Gasteiger partial charge in [-0.15, -0.1) is 0 Å². The summed E-state index contributed by atoms with van der Waals surface area (Å²) >= 11 is 5.95. The van der Waals surface area contributed by atoms with Gasteiger partial charge in [-0.2, -0.15) is 0 Å². The molecule has 1 aliphatic heterocycles. The van der Waals surface area contributed by atoms with Crippen LogP contribution in [-0.2, 0) is 0 Å². The number of hydrogen-bond acceptors (Lipinski definition) is 3. The summed E-state index contributed by atoms with van der Waals surface area (Å²) in [6.45, 7) is 1.66. The van der Waals surface area contributed by atoms with Gasteiger partial charge in [-0.3, -0.25) is 0 Å². The lowest BCUT2D eigenvalue weighted by atomic mass is 10.1. The molecule has 3 nitrogen and oxygen atoms in total. The lowest BCUT2D eigenvalue weighted by Gasteiger charge is -2.20. The van der Waals surface area contributed by atoms with Crippen molar-refractivity contribution in [3.63, 3.8) is 0 Å². The third-order valence-electron chi connectivity index (χ3n) is 4.33. The number of benzene rings is 2. The van der Waals surface area contributed by atoms with Gasteiger partial charge in [-0.25, -0.2) is 4.39 Å². The lowest BCUT2D eigenvalue weighted by Crippen LogP contribution is -2.26. The second-order valence-corrected chi connectivity index (χ2v) is 6.48. The van der Waals surface area contributed by atoms with E-state index in [9.17, 15) is 4.39 Å². The molecule has 1 saturated heterocycles. The molecule has 1 heterocycles. The maximum Gasteiger partial charge on any atom is 0.204 e. The fourth-order valence-electron chi connectivity index (χ4n) is 3.00. The third-order valence-corrected chi connectivity index (χ3v) is 4.56. The van der Waals surface area contributed by atoms with Crippen molar-refractivity contribution in [3.05, 3.63) is 53.3 Å². The highest BCUT2D eigenvalue weighted by atomic mass is 35.5. The first kappa shape index (κ1) is 17.1. The molecule has 1 unspecified atom stereocenters. The number of halogens is 2. The zero-order chi connectivity index (χ0) is 16.9. The summed E-state index contributed by atoms with van der Waals surface area (Å²) in [5, 5.41) is 0.538. The normalized spacial score (nSPS) is 17.9. The predicted molar refractivity (Wildman–Crippen MR) is 93.7 cm³/mol. The monoisotopic (exact) mass is 349 g/mol. The van der Waals surface area contributed by atoms with Crippen molar-refractivity contribution in [2.75, 3.05) is 20.2 Å². The number of rotatable bonds is 6. The van der Waals surface area contributed by atoms with Gasteiger partial charge in [0.25, 0.3) is 0 Å². The van der Waals surface area contributed by atoms with Crippen molar-refractivity contribution in [2.45, 2.75) is 25.3 Å². The number of hydrogen-bond donors (Lipinski definition) is 0. The zero-order valence-electron chi connectivity index (χ0n) is 13.7. The average Bonchev–Trinajstić information content (AvgIpc) is 2.96. The van der Waals surface area contributed by atoms with E-state index in [2.05, 4.69) is 11.9 Å². The van der Waals surface area contributed by atoms with Crippen LogP contribution in [0.4, 0.5) is 4.39 Å². The Labute approximate surface area is 146 Å². The Kier molecular flexibility index (Phi) is 5.59. The van der Waals surface area contributed by atoms with Crippen molar-refractivity contribution in [3.8, 4) is 17.2 Å². The minimum Gasteiger partial charge on any atom is -0.489 e. The van der Waals surface area contributed by atoms with Gasteiger partial charge < -0.3 is 14.4 Å². The highest BCUT2D eigenvalue weighted by Gasteiger charge is 2.21. The van der Waals surface area contributed by atoms with Crippen molar-refractivity contribution < 1.29 is 13.9 Å². The Morgan fingerprint density at radius 1 is 1.25 bits per heavy atom. The Morgan fingerprint density at radius 3 is 2.83 bits per heavy atom. The second-order valence-electron chi connectivity index (χ2n) is 6.04. The van der Waals surface area contributed by atoms with E-state index in [1.54, 1.807) is 36.4 Å². The molecule has 0 spiro atoms. The first-order valence-electron chi connectivity index (χ1n) is 8.18. The molecule has 5 heteroatoms. The van der Waals surface area contributed by atoms with E-state index in [1.807, 2.05) is 0 Å². The standard InChI is InChI=1S/C19H21ClFNO2/c1-22-11-4-6-15(22)10-12-23-18-9-3-8-17(21)19(18)24-16-7-2-5-14(20)13-16/h2-3,5,7-9,13,15H,4,6,10-12H2,1H3. The Balaban J connectivity index is 1.68. The van der Waals surface area contributed by atoms with E-state index >= 15 is 0 Å². The molecule has 2 aromatic rings. The molecule has 0 aromatic heterocycles. The summed E-state index contributed by atoms with van der Waals surface area (Å²) in [6, 6.07) is 12.1. The maximum atomic E-state index is 14.2. The van der Waals surface area contributed by atoms with Gasteiger partial charge in [0, 0.05) is 11.1 Å². The van der Waals surface area contributed by atoms with Crippen molar-refractivity contribution in [2.24, 2.45) is 0 Å². The number of ether oxygens (including phenoxy) is 2. The van der Waals surface area contributed by atoms with Gasteiger partial charge >= 0.3 is 0 Å². The molecule has 1 atom stereocenters. The fraction of sp³-hybridized carbons (Fsp3) is 0.368. The van der Waals surface area contributed by atoms with Gasteiger partial charge in [0.15, 0.2) is 11.6 Å². The van der Waals surface area contributed by atoms with E-state index in [0.29, 0.717) is 29.2 Å². The van der Waals surface area contributed by atoms with E-state index < -0.39 is 5.82 Å². The zero-order valence-corrected chi connectivity index (χ0v) is 14.4. The molecule has 0 amide bonds. The lowest BCUT2D eigenvalue weighted by molar-refractivity contribution is 0.228. The number of nitrogens with zero attached hydrogens (tertiary/aromatic N) is 1. The maximum absolute atomic E-state index is 14.2. The van der Waals surface area contributed by atoms with Gasteiger partial charge in [0.2, 0.25) is 5.75 Å². The van der Waals surface area contributed by atoms with Crippen LogP contribution in [-0.4, -0.2) is 31.1 Å². The van der Waals surface area contributed by atoms with E-state index in [0.717, 1.165) is 13.0 Å². The smallest absolute Gasteiger partial charge is 0.204 e. The first-order valence-corrected chi connectivity index (χ1v) is 8.56. The molecule has 128 valence electrons. The Bertz CT molecular complexity index is 695. The molecule has 0 aliphatic carbocycles. The van der Waals surface area contributed by atoms with Gasteiger partial charge in [-0.1, -0.05) is 23.7 Å².